The quantitative estimate of drug-likeness (QED) is 0.913. The zero-order valence-electron chi connectivity index (χ0n) is 8.96. The van der Waals surface area contributed by atoms with E-state index in [1.54, 1.807) is 18.5 Å². The molecule has 15 heavy (non-hydrogen) atoms. The summed E-state index contributed by atoms with van der Waals surface area (Å²) in [6.45, 7) is 4.21. The largest absolute Gasteiger partial charge is 0.325 e. The lowest BCUT2D eigenvalue weighted by molar-refractivity contribution is -0.116. The Bertz CT molecular complexity index is 339. The maximum atomic E-state index is 11.5. The fraction of sp³-hybridized carbons (Fsp3) is 0.455. The second kappa shape index (κ2) is 5.85. The number of halogens is 1. The maximum absolute atomic E-state index is 11.5. The van der Waals surface area contributed by atoms with E-state index in [2.05, 4.69) is 40.1 Å². The first kappa shape index (κ1) is 12.2. The lowest BCUT2D eigenvalue weighted by Crippen LogP contribution is -2.12. The van der Waals surface area contributed by atoms with Crippen molar-refractivity contribution in [1.82, 2.24) is 4.98 Å². The van der Waals surface area contributed by atoms with Gasteiger partial charge in [0.1, 0.15) is 0 Å². The summed E-state index contributed by atoms with van der Waals surface area (Å²) in [5.41, 5.74) is 0.777. The predicted octanol–water partition coefficient (Wildman–Crippen LogP) is 3.22. The summed E-state index contributed by atoms with van der Waals surface area (Å²) in [5, 5.41) is 2.84. The molecule has 0 spiro atoms. The number of hydrogen-bond donors (Lipinski definition) is 1. The smallest absolute Gasteiger partial charge is 0.224 e. The Labute approximate surface area is 98.4 Å². The molecule has 0 fully saturated rings. The highest BCUT2D eigenvalue weighted by atomic mass is 79.9. The monoisotopic (exact) mass is 270 g/mol. The van der Waals surface area contributed by atoms with E-state index in [-0.39, 0.29) is 5.91 Å². The first-order valence-corrected chi connectivity index (χ1v) is 5.78. The first-order chi connectivity index (χ1) is 7.09. The van der Waals surface area contributed by atoms with Gasteiger partial charge < -0.3 is 5.32 Å². The van der Waals surface area contributed by atoms with Crippen molar-refractivity contribution in [3.8, 4) is 0 Å². The summed E-state index contributed by atoms with van der Waals surface area (Å²) in [6.07, 6.45) is 4.79. The van der Waals surface area contributed by atoms with Crippen LogP contribution in [0.15, 0.2) is 22.9 Å². The van der Waals surface area contributed by atoms with Gasteiger partial charge in [-0.2, -0.15) is 0 Å². The molecule has 0 radical (unpaired) electrons. The third kappa shape index (κ3) is 4.42. The van der Waals surface area contributed by atoms with Crippen molar-refractivity contribution >= 4 is 27.5 Å². The summed E-state index contributed by atoms with van der Waals surface area (Å²) >= 11 is 3.33. The Morgan fingerprint density at radius 2 is 2.33 bits per heavy atom. The van der Waals surface area contributed by atoms with Crippen LogP contribution in [-0.2, 0) is 4.79 Å². The van der Waals surface area contributed by atoms with E-state index in [1.165, 1.54) is 0 Å². The second-order valence-electron chi connectivity index (χ2n) is 3.84. The van der Waals surface area contributed by atoms with Crippen LogP contribution in [0.4, 0.5) is 5.69 Å². The third-order valence-corrected chi connectivity index (χ3v) is 2.63. The zero-order chi connectivity index (χ0) is 11.3. The van der Waals surface area contributed by atoms with Crippen molar-refractivity contribution in [3.63, 3.8) is 0 Å². The highest BCUT2D eigenvalue weighted by Crippen LogP contribution is 2.20. The Morgan fingerprint density at radius 1 is 1.60 bits per heavy atom. The molecule has 0 aliphatic rings. The molecule has 0 aromatic carbocycles. The Morgan fingerprint density at radius 3 is 2.93 bits per heavy atom. The van der Waals surface area contributed by atoms with Gasteiger partial charge in [-0.25, -0.2) is 0 Å². The van der Waals surface area contributed by atoms with Crippen LogP contribution in [0.25, 0.3) is 0 Å². The molecule has 0 saturated carbocycles. The lowest BCUT2D eigenvalue weighted by Gasteiger charge is -2.07. The van der Waals surface area contributed by atoms with Gasteiger partial charge >= 0.3 is 0 Å². The van der Waals surface area contributed by atoms with Crippen molar-refractivity contribution in [2.24, 2.45) is 5.92 Å². The van der Waals surface area contributed by atoms with E-state index in [1.807, 2.05) is 0 Å². The van der Waals surface area contributed by atoms with Crippen LogP contribution in [0.2, 0.25) is 0 Å². The molecule has 0 saturated heterocycles. The van der Waals surface area contributed by atoms with Gasteiger partial charge in [0.2, 0.25) is 5.91 Å². The van der Waals surface area contributed by atoms with Crippen molar-refractivity contribution in [1.29, 1.82) is 0 Å². The average Bonchev–Trinajstić information content (AvgIpc) is 2.18. The number of hydrogen-bond acceptors (Lipinski definition) is 2. The number of carbonyl (C=O) groups excluding carboxylic acids is 1. The molecule has 82 valence electrons. The highest BCUT2D eigenvalue weighted by molar-refractivity contribution is 9.10. The summed E-state index contributed by atoms with van der Waals surface area (Å²) in [5.74, 6) is 0.604. The molecule has 0 atom stereocenters. The molecular weight excluding hydrogens is 256 g/mol. The number of anilines is 1. The minimum absolute atomic E-state index is 0.0515. The summed E-state index contributed by atoms with van der Waals surface area (Å²) in [4.78, 5) is 15.4. The van der Waals surface area contributed by atoms with E-state index in [0.717, 1.165) is 16.6 Å². The SMILES string of the molecule is CC(C)CCC(=O)Nc1ccncc1Br. The molecule has 1 N–H and O–H groups in total. The van der Waals surface area contributed by atoms with Crippen molar-refractivity contribution in [2.45, 2.75) is 26.7 Å². The molecular formula is C11H15BrN2O. The first-order valence-electron chi connectivity index (χ1n) is 4.99. The van der Waals surface area contributed by atoms with Gasteiger partial charge in [0.15, 0.2) is 0 Å². The summed E-state index contributed by atoms with van der Waals surface area (Å²) in [6, 6.07) is 1.78. The molecule has 4 heteroatoms. The highest BCUT2D eigenvalue weighted by Gasteiger charge is 2.05. The van der Waals surface area contributed by atoms with Gasteiger partial charge in [-0.3, -0.25) is 9.78 Å². The van der Waals surface area contributed by atoms with E-state index in [4.69, 9.17) is 0 Å². The molecule has 1 rings (SSSR count). The molecule has 1 aromatic rings. The van der Waals surface area contributed by atoms with Gasteiger partial charge in [0.25, 0.3) is 0 Å². The average molecular weight is 271 g/mol. The van der Waals surface area contributed by atoms with Gasteiger partial charge in [0, 0.05) is 18.8 Å². The molecule has 3 nitrogen and oxygen atoms in total. The molecule has 0 unspecified atom stereocenters. The predicted molar refractivity (Wildman–Crippen MR) is 64.6 cm³/mol. The minimum atomic E-state index is 0.0515. The van der Waals surface area contributed by atoms with Gasteiger partial charge in [-0.05, 0) is 34.3 Å². The molecule has 0 aliphatic carbocycles. The van der Waals surface area contributed by atoms with Crippen LogP contribution in [-0.4, -0.2) is 10.9 Å². The van der Waals surface area contributed by atoms with Gasteiger partial charge in [-0.1, -0.05) is 13.8 Å². The summed E-state index contributed by atoms with van der Waals surface area (Å²) in [7, 11) is 0. The van der Waals surface area contributed by atoms with Crippen LogP contribution in [0, 0.1) is 5.92 Å². The van der Waals surface area contributed by atoms with Crippen LogP contribution >= 0.6 is 15.9 Å². The summed E-state index contributed by atoms with van der Waals surface area (Å²) < 4.78 is 0.808. The van der Waals surface area contributed by atoms with E-state index >= 15 is 0 Å². The number of nitrogens with zero attached hydrogens (tertiary/aromatic N) is 1. The van der Waals surface area contributed by atoms with Gasteiger partial charge in [0.05, 0.1) is 10.2 Å². The molecule has 1 heterocycles. The molecule has 1 amide bonds. The normalized spacial score (nSPS) is 10.4. The van der Waals surface area contributed by atoms with Crippen LogP contribution < -0.4 is 5.32 Å². The topological polar surface area (TPSA) is 42.0 Å². The van der Waals surface area contributed by atoms with Crippen molar-refractivity contribution < 1.29 is 4.79 Å². The van der Waals surface area contributed by atoms with Crippen LogP contribution in [0.1, 0.15) is 26.7 Å². The van der Waals surface area contributed by atoms with Crippen LogP contribution in [0.5, 0.6) is 0 Å². The van der Waals surface area contributed by atoms with Gasteiger partial charge in [-0.15, -0.1) is 0 Å². The van der Waals surface area contributed by atoms with Crippen molar-refractivity contribution in [2.75, 3.05) is 5.32 Å². The Balaban J connectivity index is 2.48. The van der Waals surface area contributed by atoms with Crippen molar-refractivity contribution in [3.05, 3.63) is 22.9 Å². The van der Waals surface area contributed by atoms with E-state index in [0.29, 0.717) is 12.3 Å². The number of nitrogens with one attached hydrogen (secondary N) is 1. The molecule has 1 aromatic heterocycles. The Hall–Kier alpha value is -0.900. The second-order valence-corrected chi connectivity index (χ2v) is 4.69. The number of pyridine rings is 1. The number of amides is 1. The molecule has 0 bridgehead atoms. The van der Waals surface area contributed by atoms with Crippen LogP contribution in [0.3, 0.4) is 0 Å². The zero-order valence-corrected chi connectivity index (χ0v) is 10.5. The fourth-order valence-corrected chi connectivity index (χ4v) is 1.46. The lowest BCUT2D eigenvalue weighted by atomic mass is 10.1. The Kier molecular flexibility index (Phi) is 4.75. The van der Waals surface area contributed by atoms with E-state index < -0.39 is 0 Å². The number of aromatic nitrogens is 1. The maximum Gasteiger partial charge on any atom is 0.224 e. The van der Waals surface area contributed by atoms with E-state index in [9.17, 15) is 4.79 Å². The standard InChI is InChI=1S/C11H15BrN2O/c1-8(2)3-4-11(15)14-10-5-6-13-7-9(10)12/h5-8H,3-4H2,1-2H3,(H,13,14,15). The number of rotatable bonds is 4. The number of carbonyl (C=O) groups is 1. The molecule has 0 aliphatic heterocycles. The minimum Gasteiger partial charge on any atom is -0.325 e. The third-order valence-electron chi connectivity index (χ3n) is 2.00. The fourth-order valence-electron chi connectivity index (χ4n) is 1.11.